The monoisotopic (exact) mass is 250 g/mol. The van der Waals surface area contributed by atoms with Crippen molar-refractivity contribution in [1.29, 1.82) is 0 Å². The summed E-state index contributed by atoms with van der Waals surface area (Å²) in [4.78, 5) is 0. The molecule has 1 fully saturated rings. The largest absolute Gasteiger partial charge is 0.389 e. The summed E-state index contributed by atoms with van der Waals surface area (Å²) >= 11 is 0. The second-order valence-electron chi connectivity index (χ2n) is 6.01. The molecule has 0 spiro atoms. The van der Waals surface area contributed by atoms with Crippen LogP contribution >= 0.6 is 0 Å². The van der Waals surface area contributed by atoms with E-state index in [-0.39, 0.29) is 5.82 Å². The van der Waals surface area contributed by atoms with Gasteiger partial charge in [-0.2, -0.15) is 0 Å². The molecule has 1 aromatic carbocycles. The maximum atomic E-state index is 13.2. The van der Waals surface area contributed by atoms with E-state index in [4.69, 9.17) is 0 Å². The molecule has 1 aliphatic rings. The summed E-state index contributed by atoms with van der Waals surface area (Å²) in [5.74, 6) is 0.589. The molecule has 18 heavy (non-hydrogen) atoms. The van der Waals surface area contributed by atoms with E-state index < -0.39 is 5.60 Å². The zero-order chi connectivity index (χ0) is 13.2. The SMILES string of the molecule is CC(C)C1CCCCC1(O)Cc1cccc(F)c1. The van der Waals surface area contributed by atoms with Gasteiger partial charge >= 0.3 is 0 Å². The molecule has 0 heterocycles. The molecule has 2 rings (SSSR count). The minimum Gasteiger partial charge on any atom is -0.389 e. The Bertz CT molecular complexity index is 402. The van der Waals surface area contributed by atoms with Gasteiger partial charge in [0.1, 0.15) is 5.82 Å². The third-order valence-corrected chi connectivity index (χ3v) is 4.27. The molecule has 1 aromatic rings. The van der Waals surface area contributed by atoms with Crippen molar-refractivity contribution in [2.75, 3.05) is 0 Å². The standard InChI is InChI=1S/C16H23FO/c1-12(2)15-8-3-4-9-16(15,18)11-13-6-5-7-14(17)10-13/h5-7,10,12,15,18H,3-4,8-9,11H2,1-2H3. The number of aliphatic hydroxyl groups is 1. The molecular formula is C16H23FO. The van der Waals surface area contributed by atoms with Gasteiger partial charge in [0.05, 0.1) is 5.60 Å². The maximum absolute atomic E-state index is 13.2. The molecule has 1 nitrogen and oxygen atoms in total. The summed E-state index contributed by atoms with van der Waals surface area (Å²) in [5, 5.41) is 10.9. The molecule has 2 unspecified atom stereocenters. The molecule has 0 aliphatic heterocycles. The van der Waals surface area contributed by atoms with Gasteiger partial charge in [0, 0.05) is 6.42 Å². The van der Waals surface area contributed by atoms with Crippen molar-refractivity contribution < 1.29 is 9.50 Å². The highest BCUT2D eigenvalue weighted by atomic mass is 19.1. The second-order valence-corrected chi connectivity index (χ2v) is 6.01. The fourth-order valence-electron chi connectivity index (χ4n) is 3.42. The van der Waals surface area contributed by atoms with Crippen molar-refractivity contribution in [2.45, 2.75) is 51.6 Å². The van der Waals surface area contributed by atoms with Gasteiger partial charge in [-0.25, -0.2) is 4.39 Å². The normalized spacial score (nSPS) is 28.6. The van der Waals surface area contributed by atoms with Crippen LogP contribution in [-0.4, -0.2) is 10.7 Å². The van der Waals surface area contributed by atoms with E-state index in [1.54, 1.807) is 12.1 Å². The van der Waals surface area contributed by atoms with E-state index in [2.05, 4.69) is 13.8 Å². The Labute approximate surface area is 109 Å². The molecule has 100 valence electrons. The lowest BCUT2D eigenvalue weighted by atomic mass is 9.68. The van der Waals surface area contributed by atoms with Crippen LogP contribution in [0.25, 0.3) is 0 Å². The van der Waals surface area contributed by atoms with Crippen LogP contribution in [0, 0.1) is 17.7 Å². The van der Waals surface area contributed by atoms with Crippen molar-refractivity contribution in [3.63, 3.8) is 0 Å². The lowest BCUT2D eigenvalue weighted by Gasteiger charge is -2.42. The van der Waals surface area contributed by atoms with E-state index in [1.165, 1.54) is 12.5 Å². The first-order chi connectivity index (χ1) is 8.51. The number of hydrogen-bond donors (Lipinski definition) is 1. The minimum atomic E-state index is -0.653. The van der Waals surface area contributed by atoms with Crippen molar-refractivity contribution in [3.05, 3.63) is 35.6 Å². The highest BCUT2D eigenvalue weighted by Gasteiger charge is 2.40. The summed E-state index contributed by atoms with van der Waals surface area (Å²) in [6.07, 6.45) is 4.78. The van der Waals surface area contributed by atoms with Gasteiger partial charge in [-0.05, 0) is 42.4 Å². The number of hydrogen-bond acceptors (Lipinski definition) is 1. The topological polar surface area (TPSA) is 20.2 Å². The molecule has 2 heteroatoms. The van der Waals surface area contributed by atoms with Crippen LogP contribution in [0.2, 0.25) is 0 Å². The van der Waals surface area contributed by atoms with Crippen molar-refractivity contribution in [2.24, 2.45) is 11.8 Å². The Morgan fingerprint density at radius 2 is 2.17 bits per heavy atom. The minimum absolute atomic E-state index is 0.215. The van der Waals surface area contributed by atoms with E-state index in [0.717, 1.165) is 24.8 Å². The fourth-order valence-corrected chi connectivity index (χ4v) is 3.42. The smallest absolute Gasteiger partial charge is 0.123 e. The van der Waals surface area contributed by atoms with Gasteiger partial charge < -0.3 is 5.11 Å². The summed E-state index contributed by atoms with van der Waals surface area (Å²) < 4.78 is 13.2. The lowest BCUT2D eigenvalue weighted by molar-refractivity contribution is -0.0653. The van der Waals surface area contributed by atoms with Crippen LogP contribution in [0.3, 0.4) is 0 Å². The zero-order valence-corrected chi connectivity index (χ0v) is 11.3. The second kappa shape index (κ2) is 5.40. The van der Waals surface area contributed by atoms with Crippen LogP contribution in [0.5, 0.6) is 0 Å². The fraction of sp³-hybridized carbons (Fsp3) is 0.625. The van der Waals surface area contributed by atoms with Crippen LogP contribution in [0.4, 0.5) is 4.39 Å². The molecule has 1 saturated carbocycles. The average molecular weight is 250 g/mol. The quantitative estimate of drug-likeness (QED) is 0.861. The molecule has 0 saturated heterocycles. The Hall–Kier alpha value is -0.890. The molecule has 1 N–H and O–H groups in total. The molecule has 0 radical (unpaired) electrons. The van der Waals surface area contributed by atoms with E-state index in [9.17, 15) is 9.50 Å². The van der Waals surface area contributed by atoms with Crippen LogP contribution in [-0.2, 0) is 6.42 Å². The molecule has 1 aliphatic carbocycles. The third kappa shape index (κ3) is 2.92. The summed E-state index contributed by atoms with van der Waals surface area (Å²) in [6, 6.07) is 6.63. The van der Waals surface area contributed by atoms with Gasteiger partial charge in [0.15, 0.2) is 0 Å². The van der Waals surface area contributed by atoms with Crippen LogP contribution in [0.15, 0.2) is 24.3 Å². The number of benzene rings is 1. The highest BCUT2D eigenvalue weighted by Crippen LogP contribution is 2.40. The van der Waals surface area contributed by atoms with Crippen molar-refractivity contribution in [1.82, 2.24) is 0 Å². The Morgan fingerprint density at radius 1 is 1.39 bits per heavy atom. The van der Waals surface area contributed by atoms with Gasteiger partial charge in [-0.15, -0.1) is 0 Å². The first-order valence-electron chi connectivity index (χ1n) is 6.98. The Balaban J connectivity index is 2.18. The Kier molecular flexibility index (Phi) is 4.06. The predicted molar refractivity (Wildman–Crippen MR) is 71.8 cm³/mol. The molecule has 2 atom stereocenters. The summed E-state index contributed by atoms with van der Waals surface area (Å²) in [5.41, 5.74) is 0.255. The highest BCUT2D eigenvalue weighted by molar-refractivity contribution is 5.19. The van der Waals surface area contributed by atoms with Gasteiger partial charge in [-0.3, -0.25) is 0 Å². The third-order valence-electron chi connectivity index (χ3n) is 4.27. The molecule has 0 aromatic heterocycles. The van der Waals surface area contributed by atoms with Crippen LogP contribution in [0.1, 0.15) is 45.1 Å². The van der Waals surface area contributed by atoms with Gasteiger partial charge in [0.2, 0.25) is 0 Å². The molecular weight excluding hydrogens is 227 g/mol. The van der Waals surface area contributed by atoms with Gasteiger partial charge in [0.25, 0.3) is 0 Å². The van der Waals surface area contributed by atoms with E-state index in [0.29, 0.717) is 18.3 Å². The van der Waals surface area contributed by atoms with E-state index >= 15 is 0 Å². The summed E-state index contributed by atoms with van der Waals surface area (Å²) in [7, 11) is 0. The first-order valence-corrected chi connectivity index (χ1v) is 6.98. The maximum Gasteiger partial charge on any atom is 0.123 e. The summed E-state index contributed by atoms with van der Waals surface area (Å²) in [6.45, 7) is 4.35. The van der Waals surface area contributed by atoms with Crippen molar-refractivity contribution >= 4 is 0 Å². The average Bonchev–Trinajstić information content (AvgIpc) is 2.28. The predicted octanol–water partition coefficient (Wildman–Crippen LogP) is 3.95. The van der Waals surface area contributed by atoms with Gasteiger partial charge in [-0.1, -0.05) is 38.8 Å². The molecule has 0 bridgehead atoms. The van der Waals surface area contributed by atoms with Crippen LogP contribution < -0.4 is 0 Å². The Morgan fingerprint density at radius 3 is 2.83 bits per heavy atom. The lowest BCUT2D eigenvalue weighted by Crippen LogP contribution is -2.45. The number of rotatable bonds is 3. The molecule has 0 amide bonds. The van der Waals surface area contributed by atoms with Crippen molar-refractivity contribution in [3.8, 4) is 0 Å². The zero-order valence-electron chi connectivity index (χ0n) is 11.3. The number of halogens is 1. The van der Waals surface area contributed by atoms with E-state index in [1.807, 2.05) is 6.07 Å². The first kappa shape index (κ1) is 13.5.